The van der Waals surface area contributed by atoms with Crippen LogP contribution in [0.4, 0.5) is 0 Å². The van der Waals surface area contributed by atoms with Crippen molar-refractivity contribution in [3.8, 4) is 0 Å². The zero-order valence-electron chi connectivity index (χ0n) is 24.0. The lowest BCUT2D eigenvalue weighted by molar-refractivity contribution is -0.140. The number of ether oxygens (including phenoxy) is 3. The van der Waals surface area contributed by atoms with E-state index in [1.807, 2.05) is 13.8 Å². The van der Waals surface area contributed by atoms with Gasteiger partial charge in [-0.05, 0) is 31.4 Å². The third-order valence-electron chi connectivity index (χ3n) is 6.04. The van der Waals surface area contributed by atoms with E-state index in [2.05, 4.69) is 11.7 Å². The average molecular weight is 521 g/mol. The smallest absolute Gasteiger partial charge is 0.339 e. The van der Waals surface area contributed by atoms with Gasteiger partial charge in [-0.2, -0.15) is 0 Å². The van der Waals surface area contributed by atoms with Crippen LogP contribution >= 0.6 is 0 Å². The number of esters is 3. The quantitative estimate of drug-likeness (QED) is 0.0974. The Balaban J connectivity index is 0.000000712. The van der Waals surface area contributed by atoms with Gasteiger partial charge in [-0.3, -0.25) is 4.79 Å². The van der Waals surface area contributed by atoms with Crippen LogP contribution in [0.5, 0.6) is 0 Å². The van der Waals surface area contributed by atoms with Gasteiger partial charge in [0.1, 0.15) is 0 Å². The Hall–Kier alpha value is -2.37. The van der Waals surface area contributed by atoms with Gasteiger partial charge in [0.15, 0.2) is 0 Å². The molecule has 0 spiro atoms. The van der Waals surface area contributed by atoms with E-state index < -0.39 is 11.9 Å². The first-order valence-electron chi connectivity index (χ1n) is 14.5. The fourth-order valence-corrected chi connectivity index (χ4v) is 3.65. The average Bonchev–Trinajstić information content (AvgIpc) is 2.92. The molecule has 212 valence electrons. The van der Waals surface area contributed by atoms with Crippen molar-refractivity contribution < 1.29 is 28.6 Å². The van der Waals surface area contributed by atoms with Gasteiger partial charge in [0, 0.05) is 6.42 Å². The summed E-state index contributed by atoms with van der Waals surface area (Å²) in [5, 5.41) is 0. The number of hydrogen-bond donors (Lipinski definition) is 0. The highest BCUT2D eigenvalue weighted by atomic mass is 16.5. The molecule has 0 fully saturated rings. The van der Waals surface area contributed by atoms with E-state index in [-0.39, 0.29) is 17.1 Å². The highest BCUT2D eigenvalue weighted by molar-refractivity contribution is 6.03. The van der Waals surface area contributed by atoms with Crippen molar-refractivity contribution in [1.82, 2.24) is 0 Å². The van der Waals surface area contributed by atoms with Gasteiger partial charge in [-0.25, -0.2) is 9.59 Å². The molecule has 0 saturated carbocycles. The van der Waals surface area contributed by atoms with E-state index in [4.69, 9.17) is 9.47 Å². The number of hydrogen-bond acceptors (Lipinski definition) is 6. The second kappa shape index (κ2) is 25.3. The molecular weight excluding hydrogens is 468 g/mol. The molecule has 37 heavy (non-hydrogen) atoms. The summed E-state index contributed by atoms with van der Waals surface area (Å²) in [5.41, 5.74) is 0.537. The molecule has 0 saturated heterocycles. The Morgan fingerprint density at radius 2 is 0.946 bits per heavy atom. The first-order chi connectivity index (χ1) is 18.0. The van der Waals surface area contributed by atoms with Crippen LogP contribution in [-0.2, 0) is 19.0 Å². The molecule has 0 unspecified atom stereocenters. The Labute approximate surface area is 225 Å². The Kier molecular flexibility index (Phi) is 23.7. The largest absolute Gasteiger partial charge is 0.469 e. The molecule has 1 aromatic carbocycles. The predicted molar refractivity (Wildman–Crippen MR) is 150 cm³/mol. The monoisotopic (exact) mass is 520 g/mol. The maximum atomic E-state index is 11.9. The normalized spacial score (nSPS) is 10.3. The highest BCUT2D eigenvalue weighted by Crippen LogP contribution is 2.13. The van der Waals surface area contributed by atoms with Crippen molar-refractivity contribution in [1.29, 1.82) is 0 Å². The van der Waals surface area contributed by atoms with Crippen molar-refractivity contribution in [2.75, 3.05) is 20.3 Å². The zero-order valence-corrected chi connectivity index (χ0v) is 24.0. The molecule has 0 aliphatic carbocycles. The van der Waals surface area contributed by atoms with Gasteiger partial charge in [-0.15, -0.1) is 0 Å². The van der Waals surface area contributed by atoms with Crippen LogP contribution in [0.1, 0.15) is 144 Å². The first kappa shape index (κ1) is 34.6. The Morgan fingerprint density at radius 3 is 1.32 bits per heavy atom. The minimum atomic E-state index is -0.471. The second-order valence-corrected chi connectivity index (χ2v) is 9.39. The van der Waals surface area contributed by atoms with Crippen LogP contribution in [0.25, 0.3) is 0 Å². The Bertz CT molecular complexity index is 674. The molecule has 0 amide bonds. The maximum Gasteiger partial charge on any atom is 0.339 e. The van der Waals surface area contributed by atoms with Crippen molar-refractivity contribution >= 4 is 17.9 Å². The molecule has 1 aromatic rings. The van der Waals surface area contributed by atoms with Crippen molar-refractivity contribution in [2.45, 2.75) is 124 Å². The van der Waals surface area contributed by atoms with Crippen LogP contribution in [0.3, 0.4) is 0 Å². The van der Waals surface area contributed by atoms with Crippen LogP contribution < -0.4 is 0 Å². The summed E-state index contributed by atoms with van der Waals surface area (Å²) in [5.74, 6) is -1.01. The van der Waals surface area contributed by atoms with E-state index in [0.717, 1.165) is 32.1 Å². The number of benzene rings is 1. The van der Waals surface area contributed by atoms with Crippen molar-refractivity contribution in [2.24, 2.45) is 0 Å². The fourth-order valence-electron chi connectivity index (χ4n) is 3.65. The van der Waals surface area contributed by atoms with E-state index in [9.17, 15) is 14.4 Å². The van der Waals surface area contributed by atoms with Crippen molar-refractivity contribution in [3.63, 3.8) is 0 Å². The molecule has 0 heterocycles. The van der Waals surface area contributed by atoms with Crippen LogP contribution in [-0.4, -0.2) is 38.2 Å². The SMILES string of the molecule is CCCCCCCCCCCCCC(=O)OC.CCCCOC(=O)c1ccccc1C(=O)OCCCC. The number of carbonyl (C=O) groups is 3. The first-order valence-corrected chi connectivity index (χ1v) is 14.5. The summed E-state index contributed by atoms with van der Waals surface area (Å²) in [6.07, 6.45) is 18.6. The summed E-state index contributed by atoms with van der Waals surface area (Å²) < 4.78 is 14.9. The summed E-state index contributed by atoms with van der Waals surface area (Å²) in [4.78, 5) is 34.7. The second-order valence-electron chi connectivity index (χ2n) is 9.39. The van der Waals surface area contributed by atoms with Crippen molar-refractivity contribution in [3.05, 3.63) is 35.4 Å². The molecular formula is C31H52O6. The molecule has 0 bridgehead atoms. The van der Waals surface area contributed by atoms with Gasteiger partial charge in [0.2, 0.25) is 0 Å². The minimum Gasteiger partial charge on any atom is -0.469 e. The lowest BCUT2D eigenvalue weighted by Crippen LogP contribution is -2.14. The third-order valence-corrected chi connectivity index (χ3v) is 6.04. The standard InChI is InChI=1S/C16H22O4.C15H30O2/c1-3-5-11-19-15(17)13-9-7-8-10-14(13)16(18)20-12-6-4-2;1-3-4-5-6-7-8-9-10-11-12-13-14-15(16)17-2/h7-10H,3-6,11-12H2,1-2H3;3-14H2,1-2H3. The van der Waals surface area contributed by atoms with E-state index in [1.54, 1.807) is 24.3 Å². The number of methoxy groups -OCH3 is 1. The Morgan fingerprint density at radius 1 is 0.568 bits per heavy atom. The molecule has 6 heteroatoms. The maximum absolute atomic E-state index is 11.9. The molecule has 0 radical (unpaired) electrons. The molecule has 0 atom stereocenters. The fraction of sp³-hybridized carbons (Fsp3) is 0.710. The summed E-state index contributed by atoms with van der Waals surface area (Å²) in [6.45, 7) is 7.04. The van der Waals surface area contributed by atoms with Gasteiger partial charge < -0.3 is 14.2 Å². The number of rotatable bonds is 20. The molecule has 0 N–H and O–H groups in total. The van der Waals surface area contributed by atoms with Crippen LogP contribution in [0.2, 0.25) is 0 Å². The molecule has 0 aliphatic heterocycles. The summed E-state index contributed by atoms with van der Waals surface area (Å²) >= 11 is 0. The van der Waals surface area contributed by atoms with E-state index in [1.165, 1.54) is 71.3 Å². The molecule has 1 rings (SSSR count). The summed E-state index contributed by atoms with van der Waals surface area (Å²) in [6, 6.07) is 6.59. The van der Waals surface area contributed by atoms with Crippen LogP contribution in [0.15, 0.2) is 24.3 Å². The van der Waals surface area contributed by atoms with Crippen LogP contribution in [0, 0.1) is 0 Å². The van der Waals surface area contributed by atoms with E-state index >= 15 is 0 Å². The number of unbranched alkanes of at least 4 members (excludes halogenated alkanes) is 12. The van der Waals surface area contributed by atoms with Gasteiger partial charge in [0.05, 0.1) is 31.5 Å². The minimum absolute atomic E-state index is 0.0686. The topological polar surface area (TPSA) is 78.9 Å². The summed E-state index contributed by atoms with van der Waals surface area (Å²) in [7, 11) is 1.46. The lowest BCUT2D eigenvalue weighted by atomic mass is 10.1. The molecule has 0 aliphatic rings. The van der Waals surface area contributed by atoms with E-state index in [0.29, 0.717) is 19.6 Å². The predicted octanol–water partition coefficient (Wildman–Crippen LogP) is 8.46. The lowest BCUT2D eigenvalue weighted by Gasteiger charge is -2.09. The van der Waals surface area contributed by atoms with Gasteiger partial charge in [0.25, 0.3) is 0 Å². The molecule has 6 nitrogen and oxygen atoms in total. The van der Waals surface area contributed by atoms with Gasteiger partial charge in [-0.1, -0.05) is 110 Å². The van der Waals surface area contributed by atoms with Gasteiger partial charge >= 0.3 is 17.9 Å². The molecule has 0 aromatic heterocycles. The third kappa shape index (κ3) is 19.4. The highest BCUT2D eigenvalue weighted by Gasteiger charge is 2.18. The number of carbonyl (C=O) groups excluding carboxylic acids is 3. The zero-order chi connectivity index (χ0) is 27.6.